The van der Waals surface area contributed by atoms with E-state index in [1.165, 1.54) is 59.6 Å². The van der Waals surface area contributed by atoms with Crippen molar-refractivity contribution in [3.05, 3.63) is 200 Å². The minimum atomic E-state index is 0.682. The maximum Gasteiger partial charge on any atom is 0.160 e. The lowest BCUT2D eigenvalue weighted by atomic mass is 9.92. The van der Waals surface area contributed by atoms with Gasteiger partial charge in [-0.1, -0.05) is 170 Å². The Balaban J connectivity index is 1.07. The molecule has 0 bridgehead atoms. The van der Waals surface area contributed by atoms with Crippen molar-refractivity contribution in [2.24, 2.45) is 0 Å². The van der Waals surface area contributed by atoms with Crippen molar-refractivity contribution in [3.8, 4) is 56.2 Å². The molecule has 0 saturated heterocycles. The number of hydrogen-bond acceptors (Lipinski definition) is 3. The van der Waals surface area contributed by atoms with Crippen LogP contribution in [0, 0.1) is 0 Å². The molecule has 0 radical (unpaired) electrons. The van der Waals surface area contributed by atoms with E-state index in [9.17, 15) is 0 Å². The Bertz CT molecular complexity index is 3290. The van der Waals surface area contributed by atoms with E-state index in [-0.39, 0.29) is 0 Å². The van der Waals surface area contributed by atoms with Crippen LogP contribution in [0.15, 0.2) is 200 Å². The van der Waals surface area contributed by atoms with Crippen LogP contribution in [0.4, 0.5) is 0 Å². The van der Waals surface area contributed by atoms with Gasteiger partial charge in [-0.3, -0.25) is 4.98 Å². The standard InChI is InChI=1S/C53H33N3/c1-4-14-41-38(11-1)29-48(46-19-9-7-17-44(41)46)34-21-25-36(26-22-34)51-31-52(49-30-39-12-2-5-15-42(39)45-18-8-10-20-47(45)49)56-53(55-51)37-27-23-35(24-28-37)50-33-54-32-40-13-3-6-16-43(40)50/h1-33H. The van der Waals surface area contributed by atoms with E-state index < -0.39 is 0 Å². The molecule has 260 valence electrons. The van der Waals surface area contributed by atoms with Crippen molar-refractivity contribution in [2.45, 2.75) is 0 Å². The summed E-state index contributed by atoms with van der Waals surface area (Å²) in [5.41, 5.74) is 9.43. The zero-order valence-electron chi connectivity index (χ0n) is 30.4. The maximum atomic E-state index is 5.31. The molecular formula is C53H33N3. The van der Waals surface area contributed by atoms with Crippen molar-refractivity contribution in [3.63, 3.8) is 0 Å². The van der Waals surface area contributed by atoms with Crippen LogP contribution in [0.2, 0.25) is 0 Å². The zero-order chi connectivity index (χ0) is 37.0. The second-order valence-corrected chi connectivity index (χ2v) is 14.4. The van der Waals surface area contributed by atoms with Crippen LogP contribution in [0.25, 0.3) is 110 Å². The van der Waals surface area contributed by atoms with Gasteiger partial charge in [-0.25, -0.2) is 9.97 Å². The molecule has 0 fully saturated rings. The van der Waals surface area contributed by atoms with Gasteiger partial charge in [0.05, 0.1) is 11.4 Å². The van der Waals surface area contributed by atoms with E-state index in [0.29, 0.717) is 5.82 Å². The van der Waals surface area contributed by atoms with E-state index in [0.717, 1.165) is 44.6 Å². The summed E-state index contributed by atoms with van der Waals surface area (Å²) in [5, 5.41) is 12.1. The van der Waals surface area contributed by atoms with Crippen molar-refractivity contribution in [2.75, 3.05) is 0 Å². The smallest absolute Gasteiger partial charge is 0.160 e. The van der Waals surface area contributed by atoms with Gasteiger partial charge >= 0.3 is 0 Å². The van der Waals surface area contributed by atoms with Crippen LogP contribution in [0.3, 0.4) is 0 Å². The molecular weight excluding hydrogens is 679 g/mol. The van der Waals surface area contributed by atoms with Crippen LogP contribution in [-0.2, 0) is 0 Å². The van der Waals surface area contributed by atoms with Gasteiger partial charge in [-0.05, 0) is 83.4 Å². The summed E-state index contributed by atoms with van der Waals surface area (Å²) in [5.74, 6) is 0.682. The molecule has 0 amide bonds. The van der Waals surface area contributed by atoms with Gasteiger partial charge in [0.2, 0.25) is 0 Å². The minimum Gasteiger partial charge on any atom is -0.263 e. The Morgan fingerprint density at radius 1 is 0.268 bits per heavy atom. The van der Waals surface area contributed by atoms with Gasteiger partial charge in [0.15, 0.2) is 5.82 Å². The van der Waals surface area contributed by atoms with Crippen LogP contribution >= 0.6 is 0 Å². The Labute approximate surface area is 324 Å². The number of pyridine rings is 1. The first-order valence-electron chi connectivity index (χ1n) is 19.0. The molecule has 0 aliphatic carbocycles. The lowest BCUT2D eigenvalue weighted by molar-refractivity contribution is 1.19. The molecule has 9 aromatic carbocycles. The van der Waals surface area contributed by atoms with Crippen LogP contribution in [-0.4, -0.2) is 15.0 Å². The number of nitrogens with zero attached hydrogens (tertiary/aromatic N) is 3. The Morgan fingerprint density at radius 2 is 0.714 bits per heavy atom. The van der Waals surface area contributed by atoms with E-state index in [4.69, 9.17) is 9.97 Å². The summed E-state index contributed by atoms with van der Waals surface area (Å²) in [7, 11) is 0. The average molecular weight is 712 g/mol. The topological polar surface area (TPSA) is 38.7 Å². The summed E-state index contributed by atoms with van der Waals surface area (Å²) in [6.45, 7) is 0. The highest BCUT2D eigenvalue weighted by Crippen LogP contribution is 2.39. The van der Waals surface area contributed by atoms with Crippen molar-refractivity contribution in [1.29, 1.82) is 0 Å². The van der Waals surface area contributed by atoms with E-state index in [1.807, 2.05) is 12.4 Å². The van der Waals surface area contributed by atoms with E-state index in [1.54, 1.807) is 0 Å². The van der Waals surface area contributed by atoms with Gasteiger partial charge in [-0.15, -0.1) is 0 Å². The Morgan fingerprint density at radius 3 is 1.36 bits per heavy atom. The first kappa shape index (κ1) is 32.0. The molecule has 11 rings (SSSR count). The molecule has 0 atom stereocenters. The van der Waals surface area contributed by atoms with Gasteiger partial charge in [0, 0.05) is 40.0 Å². The SMILES string of the molecule is c1ccc2c(-c3ccc(-c4nc(-c5ccc(-c6cc7ccccc7c7ccccc67)cc5)cc(-c5cc6ccccc6c6ccccc56)n4)cc3)cncc2c1. The number of fused-ring (bicyclic) bond motifs is 7. The summed E-state index contributed by atoms with van der Waals surface area (Å²) in [6, 6.07) is 67.1. The van der Waals surface area contributed by atoms with Crippen LogP contribution in [0.1, 0.15) is 0 Å². The molecule has 0 spiro atoms. The third-order valence-corrected chi connectivity index (χ3v) is 11.2. The van der Waals surface area contributed by atoms with Crippen molar-refractivity contribution in [1.82, 2.24) is 15.0 Å². The molecule has 11 aromatic rings. The fourth-order valence-corrected chi connectivity index (χ4v) is 8.39. The molecule has 3 heteroatoms. The molecule has 0 aliphatic heterocycles. The number of aromatic nitrogens is 3. The second kappa shape index (κ2) is 13.1. The van der Waals surface area contributed by atoms with Crippen molar-refractivity contribution < 1.29 is 0 Å². The highest BCUT2D eigenvalue weighted by atomic mass is 14.9. The van der Waals surface area contributed by atoms with Gasteiger partial charge < -0.3 is 0 Å². The molecule has 0 saturated carbocycles. The summed E-state index contributed by atoms with van der Waals surface area (Å²) < 4.78 is 0. The highest BCUT2D eigenvalue weighted by molar-refractivity contribution is 6.15. The second-order valence-electron chi connectivity index (χ2n) is 14.4. The molecule has 0 N–H and O–H groups in total. The van der Waals surface area contributed by atoms with Crippen molar-refractivity contribution >= 4 is 53.9 Å². The maximum absolute atomic E-state index is 5.31. The molecule has 0 unspecified atom stereocenters. The quantitative estimate of drug-likeness (QED) is 0.167. The predicted molar refractivity (Wildman–Crippen MR) is 235 cm³/mol. The predicted octanol–water partition coefficient (Wildman–Crippen LogP) is 14.0. The number of benzene rings is 9. The van der Waals surface area contributed by atoms with E-state index >= 15 is 0 Å². The average Bonchev–Trinajstić information content (AvgIpc) is 3.28. The molecule has 2 heterocycles. The first-order chi connectivity index (χ1) is 27.7. The molecule has 0 aliphatic rings. The van der Waals surface area contributed by atoms with Gasteiger partial charge in [-0.2, -0.15) is 0 Å². The number of hydrogen-bond donors (Lipinski definition) is 0. The summed E-state index contributed by atoms with van der Waals surface area (Å²) in [6.07, 6.45) is 3.86. The summed E-state index contributed by atoms with van der Waals surface area (Å²) in [4.78, 5) is 15.1. The fourth-order valence-electron chi connectivity index (χ4n) is 8.39. The minimum absolute atomic E-state index is 0.682. The number of rotatable bonds is 5. The fraction of sp³-hybridized carbons (Fsp3) is 0. The third kappa shape index (κ3) is 5.40. The Kier molecular flexibility index (Phi) is 7.49. The van der Waals surface area contributed by atoms with Gasteiger partial charge in [0.25, 0.3) is 0 Å². The zero-order valence-corrected chi connectivity index (χ0v) is 30.4. The van der Waals surface area contributed by atoms with Crippen LogP contribution in [0.5, 0.6) is 0 Å². The lowest BCUT2D eigenvalue weighted by Gasteiger charge is -2.14. The third-order valence-electron chi connectivity index (χ3n) is 11.2. The molecule has 2 aromatic heterocycles. The largest absolute Gasteiger partial charge is 0.263 e. The lowest BCUT2D eigenvalue weighted by Crippen LogP contribution is -1.97. The van der Waals surface area contributed by atoms with Gasteiger partial charge in [0.1, 0.15) is 0 Å². The highest BCUT2D eigenvalue weighted by Gasteiger charge is 2.16. The van der Waals surface area contributed by atoms with Crippen LogP contribution < -0.4 is 0 Å². The van der Waals surface area contributed by atoms with E-state index in [2.05, 4.69) is 193 Å². The molecule has 3 nitrogen and oxygen atoms in total. The molecule has 56 heavy (non-hydrogen) atoms. The Hall–Kier alpha value is -7.49. The first-order valence-corrected chi connectivity index (χ1v) is 19.0. The monoisotopic (exact) mass is 711 g/mol. The normalized spacial score (nSPS) is 11.6. The summed E-state index contributed by atoms with van der Waals surface area (Å²) >= 11 is 0.